The molecule has 0 radical (unpaired) electrons. The van der Waals surface area contributed by atoms with Crippen LogP contribution in [0.5, 0.6) is 0 Å². The van der Waals surface area contributed by atoms with Crippen molar-refractivity contribution >= 4 is 23.7 Å². The van der Waals surface area contributed by atoms with Crippen LogP contribution in [0.3, 0.4) is 0 Å². The number of ether oxygens (including phenoxy) is 1. The second-order valence-corrected chi connectivity index (χ2v) is 8.57. The standard InChI is InChI=1S/C23H26N2O6/c1-23(2,3)17-8-6-15(7-9-17)21(28)24-19(26)14-31-22(29)16-11-20(27)25(12-16)13-18-5-4-10-30-18/h4-10,16H,11-14H2,1-3H3,(H,24,26,28)/t16-/m1/s1. The third-order valence-electron chi connectivity index (χ3n) is 5.09. The molecule has 1 fully saturated rings. The zero-order chi connectivity index (χ0) is 22.6. The fourth-order valence-electron chi connectivity index (χ4n) is 3.28. The number of hydrogen-bond acceptors (Lipinski definition) is 6. The highest BCUT2D eigenvalue weighted by Gasteiger charge is 2.36. The Morgan fingerprint density at radius 2 is 1.87 bits per heavy atom. The van der Waals surface area contributed by atoms with Gasteiger partial charge >= 0.3 is 5.97 Å². The van der Waals surface area contributed by atoms with E-state index in [4.69, 9.17) is 9.15 Å². The fraction of sp³-hybridized carbons (Fsp3) is 0.391. The first-order valence-electron chi connectivity index (χ1n) is 10.0. The molecule has 1 saturated heterocycles. The molecule has 1 N–H and O–H groups in total. The van der Waals surface area contributed by atoms with Crippen molar-refractivity contribution in [2.45, 2.75) is 39.2 Å². The van der Waals surface area contributed by atoms with Crippen LogP contribution < -0.4 is 5.32 Å². The third kappa shape index (κ3) is 5.81. The molecular weight excluding hydrogens is 400 g/mol. The number of imide groups is 1. The Kier molecular flexibility index (Phi) is 6.58. The van der Waals surface area contributed by atoms with E-state index in [0.29, 0.717) is 11.3 Å². The van der Waals surface area contributed by atoms with Crippen molar-refractivity contribution < 1.29 is 28.3 Å². The molecule has 1 aromatic carbocycles. The number of rotatable bonds is 6. The highest BCUT2D eigenvalue weighted by Crippen LogP contribution is 2.23. The Hall–Kier alpha value is -3.42. The SMILES string of the molecule is CC(C)(C)c1ccc(C(=O)NC(=O)COC(=O)[C@@H]2CC(=O)N(Cc3ccco3)C2)cc1. The van der Waals surface area contributed by atoms with E-state index in [9.17, 15) is 19.2 Å². The van der Waals surface area contributed by atoms with Crippen LogP contribution in [0.25, 0.3) is 0 Å². The van der Waals surface area contributed by atoms with Gasteiger partial charge < -0.3 is 14.1 Å². The van der Waals surface area contributed by atoms with Gasteiger partial charge in [0.05, 0.1) is 18.7 Å². The number of hydrogen-bond donors (Lipinski definition) is 1. The average Bonchev–Trinajstić information content (AvgIpc) is 3.36. The van der Waals surface area contributed by atoms with Crippen LogP contribution in [-0.4, -0.2) is 41.7 Å². The molecule has 1 aliphatic rings. The lowest BCUT2D eigenvalue weighted by atomic mass is 9.87. The van der Waals surface area contributed by atoms with Gasteiger partial charge in [0, 0.05) is 18.5 Å². The van der Waals surface area contributed by atoms with Crippen molar-refractivity contribution in [2.75, 3.05) is 13.2 Å². The Bertz CT molecular complexity index is 957. The number of nitrogens with one attached hydrogen (secondary N) is 1. The lowest BCUT2D eigenvalue weighted by Crippen LogP contribution is -2.35. The van der Waals surface area contributed by atoms with Gasteiger partial charge in [0.15, 0.2) is 6.61 Å². The van der Waals surface area contributed by atoms with Gasteiger partial charge in [0.2, 0.25) is 5.91 Å². The Morgan fingerprint density at radius 1 is 1.16 bits per heavy atom. The molecule has 164 valence electrons. The number of nitrogens with zero attached hydrogens (tertiary/aromatic N) is 1. The number of esters is 1. The summed E-state index contributed by atoms with van der Waals surface area (Å²) in [6.45, 7) is 6.07. The minimum absolute atomic E-state index is 0.0141. The summed E-state index contributed by atoms with van der Waals surface area (Å²) in [6.07, 6.45) is 1.53. The summed E-state index contributed by atoms with van der Waals surface area (Å²) in [6, 6.07) is 10.4. The molecule has 3 rings (SSSR count). The van der Waals surface area contributed by atoms with Gasteiger partial charge in [-0.15, -0.1) is 0 Å². The Labute approximate surface area is 180 Å². The predicted octanol–water partition coefficient (Wildman–Crippen LogP) is 2.43. The zero-order valence-corrected chi connectivity index (χ0v) is 17.8. The van der Waals surface area contributed by atoms with E-state index >= 15 is 0 Å². The Morgan fingerprint density at radius 3 is 2.48 bits per heavy atom. The minimum Gasteiger partial charge on any atom is -0.467 e. The highest BCUT2D eigenvalue weighted by molar-refractivity contribution is 6.05. The van der Waals surface area contributed by atoms with E-state index in [1.807, 2.05) is 12.1 Å². The first-order chi connectivity index (χ1) is 14.6. The lowest BCUT2D eigenvalue weighted by molar-refractivity contribution is -0.152. The summed E-state index contributed by atoms with van der Waals surface area (Å²) < 4.78 is 10.2. The molecule has 0 spiro atoms. The van der Waals surface area contributed by atoms with Gasteiger partial charge in [-0.2, -0.15) is 0 Å². The van der Waals surface area contributed by atoms with Crippen LogP contribution in [0.2, 0.25) is 0 Å². The van der Waals surface area contributed by atoms with E-state index in [1.165, 1.54) is 11.2 Å². The smallest absolute Gasteiger partial charge is 0.311 e. The zero-order valence-electron chi connectivity index (χ0n) is 17.8. The number of amides is 3. The van der Waals surface area contributed by atoms with E-state index in [1.54, 1.807) is 24.3 Å². The van der Waals surface area contributed by atoms with Crippen LogP contribution in [0.15, 0.2) is 47.1 Å². The van der Waals surface area contributed by atoms with Gasteiger partial charge in [-0.05, 0) is 35.2 Å². The first-order valence-corrected chi connectivity index (χ1v) is 10.0. The maximum atomic E-state index is 12.2. The topological polar surface area (TPSA) is 106 Å². The molecule has 8 heteroatoms. The lowest BCUT2D eigenvalue weighted by Gasteiger charge is -2.19. The van der Waals surface area contributed by atoms with Gasteiger partial charge in [-0.3, -0.25) is 24.5 Å². The van der Waals surface area contributed by atoms with E-state index in [2.05, 4.69) is 26.1 Å². The number of furan rings is 1. The molecule has 0 saturated carbocycles. The second kappa shape index (κ2) is 9.16. The average molecular weight is 426 g/mol. The minimum atomic E-state index is -0.727. The van der Waals surface area contributed by atoms with Gasteiger partial charge in [0.25, 0.3) is 11.8 Å². The monoisotopic (exact) mass is 426 g/mol. The van der Waals surface area contributed by atoms with Crippen molar-refractivity contribution in [3.8, 4) is 0 Å². The highest BCUT2D eigenvalue weighted by atomic mass is 16.5. The molecule has 1 aromatic heterocycles. The molecule has 2 heterocycles. The van der Waals surface area contributed by atoms with Crippen molar-refractivity contribution in [3.05, 3.63) is 59.5 Å². The molecular formula is C23H26N2O6. The molecule has 8 nitrogen and oxygen atoms in total. The van der Waals surface area contributed by atoms with Crippen LogP contribution in [-0.2, 0) is 31.1 Å². The predicted molar refractivity (Wildman–Crippen MR) is 111 cm³/mol. The largest absolute Gasteiger partial charge is 0.467 e. The van der Waals surface area contributed by atoms with Crippen molar-refractivity contribution in [3.63, 3.8) is 0 Å². The van der Waals surface area contributed by atoms with Crippen molar-refractivity contribution in [1.29, 1.82) is 0 Å². The van der Waals surface area contributed by atoms with Crippen LogP contribution in [0.1, 0.15) is 48.9 Å². The molecule has 0 unspecified atom stereocenters. The van der Waals surface area contributed by atoms with E-state index < -0.39 is 30.3 Å². The maximum absolute atomic E-state index is 12.2. The first kappa shape index (κ1) is 22.3. The second-order valence-electron chi connectivity index (χ2n) is 8.57. The fourth-order valence-corrected chi connectivity index (χ4v) is 3.28. The quantitative estimate of drug-likeness (QED) is 0.711. The van der Waals surface area contributed by atoms with Crippen molar-refractivity contribution in [1.82, 2.24) is 10.2 Å². The van der Waals surface area contributed by atoms with Gasteiger partial charge in [-0.25, -0.2) is 0 Å². The molecule has 3 amide bonds. The van der Waals surface area contributed by atoms with Crippen LogP contribution in [0, 0.1) is 5.92 Å². The van der Waals surface area contributed by atoms with Gasteiger partial charge in [-0.1, -0.05) is 32.9 Å². The number of likely N-dealkylation sites (tertiary alicyclic amines) is 1. The maximum Gasteiger partial charge on any atom is 0.311 e. The molecule has 2 aromatic rings. The third-order valence-corrected chi connectivity index (χ3v) is 5.09. The summed E-state index contributed by atoms with van der Waals surface area (Å²) >= 11 is 0. The summed E-state index contributed by atoms with van der Waals surface area (Å²) in [5, 5.41) is 2.20. The summed E-state index contributed by atoms with van der Waals surface area (Å²) in [5.74, 6) is -2.16. The molecule has 0 bridgehead atoms. The molecule has 1 aliphatic heterocycles. The molecule has 31 heavy (non-hydrogen) atoms. The summed E-state index contributed by atoms with van der Waals surface area (Å²) in [5.41, 5.74) is 1.35. The molecule has 0 aliphatic carbocycles. The number of carbonyl (C=O) groups excluding carboxylic acids is 4. The van der Waals surface area contributed by atoms with E-state index in [-0.39, 0.29) is 30.8 Å². The Balaban J connectivity index is 1.45. The summed E-state index contributed by atoms with van der Waals surface area (Å²) in [7, 11) is 0. The summed E-state index contributed by atoms with van der Waals surface area (Å²) in [4.78, 5) is 50.1. The van der Waals surface area contributed by atoms with Gasteiger partial charge in [0.1, 0.15) is 5.76 Å². The van der Waals surface area contributed by atoms with Crippen LogP contribution >= 0.6 is 0 Å². The normalized spacial score (nSPS) is 16.3. The number of benzene rings is 1. The van der Waals surface area contributed by atoms with E-state index in [0.717, 1.165) is 5.56 Å². The molecule has 1 atom stereocenters. The van der Waals surface area contributed by atoms with Crippen LogP contribution in [0.4, 0.5) is 0 Å². The number of carbonyl (C=O) groups is 4. The van der Waals surface area contributed by atoms with Crippen molar-refractivity contribution in [2.24, 2.45) is 5.92 Å².